The fourth-order valence-electron chi connectivity index (χ4n) is 5.14. The number of nitrogens with two attached hydrogens (primary N) is 1. The van der Waals surface area contributed by atoms with Gasteiger partial charge in [-0.15, -0.1) is 11.3 Å². The first-order valence-corrected chi connectivity index (χ1v) is 14.4. The number of fused-ring (bicyclic) bond motifs is 2. The quantitative estimate of drug-likeness (QED) is 0.260. The van der Waals surface area contributed by atoms with E-state index in [9.17, 15) is 4.79 Å². The smallest absolute Gasteiger partial charge is 0.410 e. The highest BCUT2D eigenvalue weighted by Crippen LogP contribution is 2.39. The van der Waals surface area contributed by atoms with Crippen LogP contribution < -0.4 is 11.1 Å². The van der Waals surface area contributed by atoms with Gasteiger partial charge < -0.3 is 20.7 Å². The van der Waals surface area contributed by atoms with Crippen molar-refractivity contribution >= 4 is 50.1 Å². The zero-order valence-corrected chi connectivity index (χ0v) is 23.7. The molecule has 1 aliphatic rings. The molecule has 0 saturated carbocycles. The summed E-state index contributed by atoms with van der Waals surface area (Å²) in [6.45, 7) is 7.95. The summed E-state index contributed by atoms with van der Waals surface area (Å²) in [5, 5.41) is 10.6. The molecular weight excluding hydrogens is 522 g/mol. The van der Waals surface area contributed by atoms with Gasteiger partial charge in [0, 0.05) is 58.1 Å². The van der Waals surface area contributed by atoms with Crippen LogP contribution >= 0.6 is 11.3 Å². The minimum Gasteiger partial charge on any atom is -0.444 e. The number of rotatable bonds is 5. The molecular formula is C30H33N7O2S. The van der Waals surface area contributed by atoms with Gasteiger partial charge >= 0.3 is 6.09 Å². The highest BCUT2D eigenvalue weighted by Gasteiger charge is 2.27. The highest BCUT2D eigenvalue weighted by molar-refractivity contribution is 7.22. The third-order valence-electron chi connectivity index (χ3n) is 7.09. The number of amides is 1. The van der Waals surface area contributed by atoms with E-state index in [4.69, 9.17) is 10.5 Å². The molecule has 206 valence electrons. The Balaban J connectivity index is 1.27. The predicted molar refractivity (Wildman–Crippen MR) is 161 cm³/mol. The number of aromatic nitrogens is 4. The average Bonchev–Trinajstić information content (AvgIpc) is 3.55. The topological polar surface area (TPSA) is 111 Å². The number of nitrogen functional groups attached to an aromatic ring is 1. The van der Waals surface area contributed by atoms with Crippen molar-refractivity contribution in [3.05, 3.63) is 60.9 Å². The minimum absolute atomic E-state index is 0.209. The van der Waals surface area contributed by atoms with Crippen molar-refractivity contribution in [3.63, 3.8) is 0 Å². The number of ether oxygens (including phenoxy) is 1. The molecule has 0 radical (unpaired) electrons. The molecule has 3 aromatic heterocycles. The molecule has 4 heterocycles. The van der Waals surface area contributed by atoms with Gasteiger partial charge in [-0.2, -0.15) is 10.1 Å². The first-order chi connectivity index (χ1) is 19.2. The zero-order valence-electron chi connectivity index (χ0n) is 22.9. The largest absolute Gasteiger partial charge is 0.444 e. The van der Waals surface area contributed by atoms with E-state index >= 15 is 0 Å². The lowest BCUT2D eigenvalue weighted by atomic mass is 9.97. The van der Waals surface area contributed by atoms with Gasteiger partial charge in [-0.25, -0.2) is 14.5 Å². The second-order valence-electron chi connectivity index (χ2n) is 11.2. The Morgan fingerprint density at radius 2 is 1.93 bits per heavy atom. The summed E-state index contributed by atoms with van der Waals surface area (Å²) in [4.78, 5) is 23.9. The SMILES string of the molecule is CC(C)(C)OC(=O)N1CCC(CNc2cc(-c3cc4ccccc4s3)c3c(cnn3-c3ccnc(N)n3)c2)CC1. The molecule has 40 heavy (non-hydrogen) atoms. The standard InChI is InChI=1S/C30H33N7O2S/c1-30(2,3)39-29(38)36-12-9-19(10-13-36)17-33-22-14-21-18-34-37(26-8-11-32-28(31)35-26)27(21)23(16-22)25-15-20-6-4-5-7-24(20)40-25/h4-8,11,14-16,18-19,33H,9-10,12-13,17H2,1-3H3,(H2,31,32,35). The second-order valence-corrected chi connectivity index (χ2v) is 12.3. The number of carbonyl (C=O) groups excluding carboxylic acids is 1. The van der Waals surface area contributed by atoms with E-state index in [0.29, 0.717) is 24.8 Å². The Morgan fingerprint density at radius 1 is 1.12 bits per heavy atom. The maximum Gasteiger partial charge on any atom is 0.410 e. The summed E-state index contributed by atoms with van der Waals surface area (Å²) >= 11 is 1.76. The molecule has 1 aliphatic heterocycles. The summed E-state index contributed by atoms with van der Waals surface area (Å²) in [6.07, 6.45) is 5.17. The summed E-state index contributed by atoms with van der Waals surface area (Å²) < 4.78 is 8.62. The number of thiophene rings is 1. The maximum absolute atomic E-state index is 12.5. The molecule has 9 nitrogen and oxygen atoms in total. The first kappa shape index (κ1) is 26.1. The fraction of sp³-hybridized carbons (Fsp3) is 0.333. The van der Waals surface area contributed by atoms with Crippen molar-refractivity contribution in [2.45, 2.75) is 39.2 Å². The molecule has 0 aliphatic carbocycles. The second kappa shape index (κ2) is 10.4. The Morgan fingerprint density at radius 3 is 2.67 bits per heavy atom. The first-order valence-electron chi connectivity index (χ1n) is 13.5. The van der Waals surface area contributed by atoms with Crippen molar-refractivity contribution in [1.82, 2.24) is 24.6 Å². The molecule has 10 heteroatoms. The number of likely N-dealkylation sites (tertiary alicyclic amines) is 1. The Kier molecular flexibility index (Phi) is 6.79. The summed E-state index contributed by atoms with van der Waals surface area (Å²) in [7, 11) is 0. The van der Waals surface area contributed by atoms with Crippen LogP contribution in [0.15, 0.2) is 60.9 Å². The van der Waals surface area contributed by atoms with E-state index < -0.39 is 5.60 Å². The molecule has 3 N–H and O–H groups in total. The third-order valence-corrected chi connectivity index (χ3v) is 8.24. The third kappa shape index (κ3) is 5.44. The van der Waals surface area contributed by atoms with Crippen molar-refractivity contribution in [3.8, 4) is 16.3 Å². The van der Waals surface area contributed by atoms with Gasteiger partial charge in [-0.1, -0.05) is 18.2 Å². The number of nitrogens with zero attached hydrogens (tertiary/aromatic N) is 5. The molecule has 2 aromatic carbocycles. The van der Waals surface area contributed by atoms with Crippen molar-refractivity contribution in [1.29, 1.82) is 0 Å². The average molecular weight is 556 g/mol. The van der Waals surface area contributed by atoms with Crippen LogP contribution in [0.3, 0.4) is 0 Å². The van der Waals surface area contributed by atoms with Crippen molar-refractivity contribution in [2.24, 2.45) is 5.92 Å². The number of hydrogen-bond donors (Lipinski definition) is 2. The van der Waals surface area contributed by atoms with E-state index in [0.717, 1.165) is 46.4 Å². The molecule has 0 atom stereocenters. The Bertz CT molecular complexity index is 1650. The van der Waals surface area contributed by atoms with Gasteiger partial charge in [0.25, 0.3) is 0 Å². The van der Waals surface area contributed by atoms with Crippen molar-refractivity contribution < 1.29 is 9.53 Å². The summed E-state index contributed by atoms with van der Waals surface area (Å²) in [6, 6.07) is 16.8. The maximum atomic E-state index is 12.5. The highest BCUT2D eigenvalue weighted by atomic mass is 32.1. The van der Waals surface area contributed by atoms with Crippen molar-refractivity contribution in [2.75, 3.05) is 30.7 Å². The summed E-state index contributed by atoms with van der Waals surface area (Å²) in [5.41, 5.74) is 8.51. The van der Waals surface area contributed by atoms with Gasteiger partial charge in [0.1, 0.15) is 5.60 Å². The van der Waals surface area contributed by atoms with E-state index in [1.807, 2.05) is 42.6 Å². The molecule has 0 spiro atoms. The van der Waals surface area contributed by atoms with Crippen LogP contribution in [-0.2, 0) is 4.74 Å². The number of nitrogens with one attached hydrogen (secondary N) is 1. The van der Waals surface area contributed by atoms with Gasteiger partial charge in [0.05, 0.1) is 11.7 Å². The normalized spacial score (nSPS) is 14.6. The van der Waals surface area contributed by atoms with Crippen LogP contribution in [-0.4, -0.2) is 56.0 Å². The van der Waals surface area contributed by atoms with Crippen LogP contribution in [0.1, 0.15) is 33.6 Å². The van der Waals surface area contributed by atoms with Gasteiger partial charge in [0.15, 0.2) is 5.82 Å². The number of benzene rings is 2. The molecule has 0 bridgehead atoms. The Labute approximate surface area is 237 Å². The lowest BCUT2D eigenvalue weighted by Crippen LogP contribution is -2.42. The fourth-order valence-corrected chi connectivity index (χ4v) is 6.22. The van der Waals surface area contributed by atoms with Gasteiger partial charge in [-0.3, -0.25) is 0 Å². The lowest BCUT2D eigenvalue weighted by Gasteiger charge is -2.33. The summed E-state index contributed by atoms with van der Waals surface area (Å²) in [5.74, 6) is 1.30. The number of carbonyl (C=O) groups is 1. The number of piperidine rings is 1. The van der Waals surface area contributed by atoms with E-state index in [1.54, 1.807) is 17.5 Å². The van der Waals surface area contributed by atoms with Crippen LogP contribution in [0, 0.1) is 5.92 Å². The molecule has 1 amide bonds. The van der Waals surface area contributed by atoms with Crippen LogP contribution in [0.5, 0.6) is 0 Å². The molecule has 6 rings (SSSR count). The van der Waals surface area contributed by atoms with Crippen LogP contribution in [0.2, 0.25) is 0 Å². The van der Waals surface area contributed by atoms with Gasteiger partial charge in [0.2, 0.25) is 5.95 Å². The van der Waals surface area contributed by atoms with Gasteiger partial charge in [-0.05, 0) is 69.2 Å². The minimum atomic E-state index is -0.478. The number of anilines is 2. The zero-order chi connectivity index (χ0) is 27.9. The molecule has 1 saturated heterocycles. The Hall–Kier alpha value is -4.18. The predicted octanol–water partition coefficient (Wildman–Crippen LogP) is 6.34. The molecule has 0 unspecified atom stereocenters. The van der Waals surface area contributed by atoms with E-state index in [2.05, 4.69) is 62.8 Å². The van der Waals surface area contributed by atoms with Crippen LogP contribution in [0.4, 0.5) is 16.4 Å². The number of hydrogen-bond acceptors (Lipinski definition) is 8. The monoisotopic (exact) mass is 555 g/mol. The van der Waals surface area contributed by atoms with E-state index in [1.165, 1.54) is 10.1 Å². The van der Waals surface area contributed by atoms with Crippen LogP contribution in [0.25, 0.3) is 37.2 Å². The van der Waals surface area contributed by atoms with E-state index in [-0.39, 0.29) is 12.0 Å². The lowest BCUT2D eigenvalue weighted by molar-refractivity contribution is 0.0188. The molecule has 1 fully saturated rings. The molecule has 5 aromatic rings.